The van der Waals surface area contributed by atoms with Gasteiger partial charge in [0.2, 0.25) is 0 Å². The first kappa shape index (κ1) is 15.0. The lowest BCUT2D eigenvalue weighted by Gasteiger charge is -2.21. The molecule has 0 heterocycles. The van der Waals surface area contributed by atoms with Crippen molar-refractivity contribution >= 4 is 40.5 Å². The number of hydrogen-bond acceptors (Lipinski definition) is 1. The summed E-state index contributed by atoms with van der Waals surface area (Å²) in [6.45, 7) is 1.95. The third-order valence-corrected chi connectivity index (χ3v) is 4.85. The Balaban J connectivity index is 1.89. The Morgan fingerprint density at radius 3 is 2.29 bits per heavy atom. The van der Waals surface area contributed by atoms with Gasteiger partial charge in [-0.05, 0) is 61.1 Å². The number of anilines is 1. The standard InChI is InChI=1S/C17H16Cl3N/c1-10-8-15(20)16(9-14(10)19)21-17(11-2-3-11)12-4-6-13(18)7-5-12/h4-9,11,17,21H,2-3H2,1H3. The molecular formula is C17H16Cl3N. The topological polar surface area (TPSA) is 12.0 Å². The van der Waals surface area contributed by atoms with Gasteiger partial charge in [-0.3, -0.25) is 0 Å². The van der Waals surface area contributed by atoms with Crippen LogP contribution in [0.25, 0.3) is 0 Å². The van der Waals surface area contributed by atoms with E-state index in [9.17, 15) is 0 Å². The van der Waals surface area contributed by atoms with Crippen LogP contribution < -0.4 is 5.32 Å². The van der Waals surface area contributed by atoms with Crippen molar-refractivity contribution in [1.29, 1.82) is 0 Å². The molecule has 4 heteroatoms. The zero-order chi connectivity index (χ0) is 15.0. The first-order chi connectivity index (χ1) is 10.0. The molecule has 0 bridgehead atoms. The first-order valence-corrected chi connectivity index (χ1v) is 8.15. The maximum absolute atomic E-state index is 6.34. The highest BCUT2D eigenvalue weighted by Gasteiger charge is 2.32. The molecule has 0 radical (unpaired) electrons. The number of nitrogens with one attached hydrogen (secondary N) is 1. The molecule has 0 saturated heterocycles. The Morgan fingerprint density at radius 1 is 1.00 bits per heavy atom. The summed E-state index contributed by atoms with van der Waals surface area (Å²) >= 11 is 18.5. The lowest BCUT2D eigenvalue weighted by Crippen LogP contribution is -2.13. The molecule has 2 aromatic rings. The van der Waals surface area contributed by atoms with Gasteiger partial charge in [-0.1, -0.05) is 46.9 Å². The minimum Gasteiger partial charge on any atom is -0.377 e. The van der Waals surface area contributed by atoms with Gasteiger partial charge < -0.3 is 5.32 Å². The molecule has 1 aliphatic carbocycles. The Hall–Kier alpha value is -0.890. The minimum absolute atomic E-state index is 0.249. The summed E-state index contributed by atoms with van der Waals surface area (Å²) in [5.41, 5.74) is 3.11. The molecular weight excluding hydrogens is 325 g/mol. The van der Waals surface area contributed by atoms with Crippen LogP contribution in [0, 0.1) is 12.8 Å². The molecule has 2 aromatic carbocycles. The van der Waals surface area contributed by atoms with Crippen LogP contribution in [0.2, 0.25) is 15.1 Å². The largest absolute Gasteiger partial charge is 0.377 e. The second-order valence-electron chi connectivity index (χ2n) is 5.59. The molecule has 1 unspecified atom stereocenters. The van der Waals surface area contributed by atoms with E-state index >= 15 is 0 Å². The van der Waals surface area contributed by atoms with Gasteiger partial charge in [0.15, 0.2) is 0 Å². The molecule has 3 rings (SSSR count). The molecule has 0 aliphatic heterocycles. The predicted octanol–water partition coefficient (Wildman–Crippen LogP) is 6.52. The summed E-state index contributed by atoms with van der Waals surface area (Å²) < 4.78 is 0. The molecule has 1 N–H and O–H groups in total. The fraction of sp³-hybridized carbons (Fsp3) is 0.294. The average molecular weight is 341 g/mol. The van der Waals surface area contributed by atoms with E-state index in [1.54, 1.807) is 0 Å². The number of halogens is 3. The fourth-order valence-corrected chi connectivity index (χ4v) is 3.06. The lowest BCUT2D eigenvalue weighted by atomic mass is 10.0. The van der Waals surface area contributed by atoms with Gasteiger partial charge in [0.05, 0.1) is 16.8 Å². The summed E-state index contributed by atoms with van der Waals surface area (Å²) in [6, 6.07) is 12.1. The van der Waals surface area contributed by atoms with Crippen LogP contribution in [0.1, 0.15) is 30.0 Å². The molecule has 1 fully saturated rings. The summed E-state index contributed by atoms with van der Waals surface area (Å²) in [7, 11) is 0. The third kappa shape index (κ3) is 3.48. The second kappa shape index (κ2) is 6.08. The average Bonchev–Trinajstić information content (AvgIpc) is 3.27. The highest BCUT2D eigenvalue weighted by atomic mass is 35.5. The van der Waals surface area contributed by atoms with Gasteiger partial charge >= 0.3 is 0 Å². The maximum Gasteiger partial charge on any atom is 0.0641 e. The van der Waals surface area contributed by atoms with Crippen LogP contribution in [0.15, 0.2) is 36.4 Å². The first-order valence-electron chi connectivity index (χ1n) is 7.02. The number of hydrogen-bond donors (Lipinski definition) is 1. The van der Waals surface area contributed by atoms with E-state index in [1.165, 1.54) is 18.4 Å². The monoisotopic (exact) mass is 339 g/mol. The Morgan fingerprint density at radius 2 is 1.67 bits per heavy atom. The molecule has 1 saturated carbocycles. The van der Waals surface area contributed by atoms with Gasteiger partial charge in [0.25, 0.3) is 0 Å². The van der Waals surface area contributed by atoms with E-state index in [0.717, 1.165) is 21.3 Å². The van der Waals surface area contributed by atoms with Crippen molar-refractivity contribution < 1.29 is 0 Å². The normalized spacial score (nSPS) is 15.8. The quantitative estimate of drug-likeness (QED) is 0.668. The van der Waals surface area contributed by atoms with Gasteiger partial charge in [0.1, 0.15) is 0 Å². The zero-order valence-corrected chi connectivity index (χ0v) is 13.9. The van der Waals surface area contributed by atoms with Crippen molar-refractivity contribution in [2.75, 3.05) is 5.32 Å². The SMILES string of the molecule is Cc1cc(Cl)c(NC(c2ccc(Cl)cc2)C2CC2)cc1Cl. The molecule has 1 aliphatic rings. The van der Waals surface area contributed by atoms with Gasteiger partial charge in [0, 0.05) is 10.0 Å². The highest BCUT2D eigenvalue weighted by molar-refractivity contribution is 6.35. The molecule has 1 nitrogen and oxygen atoms in total. The van der Waals surface area contributed by atoms with Crippen molar-refractivity contribution in [2.45, 2.75) is 25.8 Å². The molecule has 0 amide bonds. The lowest BCUT2D eigenvalue weighted by molar-refractivity contribution is 0.679. The van der Waals surface area contributed by atoms with Crippen LogP contribution in [0.4, 0.5) is 5.69 Å². The summed E-state index contributed by atoms with van der Waals surface area (Å²) in [4.78, 5) is 0. The van der Waals surface area contributed by atoms with E-state index in [4.69, 9.17) is 34.8 Å². The summed E-state index contributed by atoms with van der Waals surface area (Å²) in [5, 5.41) is 5.74. The smallest absolute Gasteiger partial charge is 0.0641 e. The van der Waals surface area contributed by atoms with E-state index in [1.807, 2.05) is 31.2 Å². The summed E-state index contributed by atoms with van der Waals surface area (Å²) in [5.74, 6) is 0.641. The highest BCUT2D eigenvalue weighted by Crippen LogP contribution is 2.44. The van der Waals surface area contributed by atoms with Crippen LogP contribution in [0.5, 0.6) is 0 Å². The molecule has 0 aromatic heterocycles. The van der Waals surface area contributed by atoms with Crippen LogP contribution >= 0.6 is 34.8 Å². The van der Waals surface area contributed by atoms with Crippen molar-refractivity contribution in [2.24, 2.45) is 5.92 Å². The predicted molar refractivity (Wildman–Crippen MR) is 91.7 cm³/mol. The fourth-order valence-electron chi connectivity index (χ4n) is 2.50. The van der Waals surface area contributed by atoms with E-state index in [2.05, 4.69) is 17.4 Å². The number of benzene rings is 2. The Bertz CT molecular complexity index is 648. The molecule has 110 valence electrons. The van der Waals surface area contributed by atoms with E-state index < -0.39 is 0 Å². The molecule has 1 atom stereocenters. The zero-order valence-electron chi connectivity index (χ0n) is 11.7. The second-order valence-corrected chi connectivity index (χ2v) is 6.84. The van der Waals surface area contributed by atoms with Gasteiger partial charge in [-0.25, -0.2) is 0 Å². The Kier molecular flexibility index (Phi) is 4.35. The van der Waals surface area contributed by atoms with Crippen LogP contribution in [-0.2, 0) is 0 Å². The maximum atomic E-state index is 6.34. The van der Waals surface area contributed by atoms with Crippen molar-refractivity contribution in [3.05, 3.63) is 62.6 Å². The van der Waals surface area contributed by atoms with Gasteiger partial charge in [-0.2, -0.15) is 0 Å². The minimum atomic E-state index is 0.249. The molecule has 21 heavy (non-hydrogen) atoms. The van der Waals surface area contributed by atoms with E-state index in [0.29, 0.717) is 10.9 Å². The summed E-state index contributed by atoms with van der Waals surface area (Å²) in [6.07, 6.45) is 2.47. The molecule has 0 spiro atoms. The van der Waals surface area contributed by atoms with Crippen LogP contribution in [-0.4, -0.2) is 0 Å². The number of aryl methyl sites for hydroxylation is 1. The van der Waals surface area contributed by atoms with Crippen molar-refractivity contribution in [3.8, 4) is 0 Å². The number of rotatable bonds is 4. The Labute approximate surface area is 140 Å². The van der Waals surface area contributed by atoms with Gasteiger partial charge in [-0.15, -0.1) is 0 Å². The third-order valence-electron chi connectivity index (χ3n) is 3.88. The van der Waals surface area contributed by atoms with Crippen LogP contribution in [0.3, 0.4) is 0 Å². The van der Waals surface area contributed by atoms with Crippen molar-refractivity contribution in [1.82, 2.24) is 0 Å². The van der Waals surface area contributed by atoms with Crippen molar-refractivity contribution in [3.63, 3.8) is 0 Å². The van der Waals surface area contributed by atoms with E-state index in [-0.39, 0.29) is 6.04 Å².